The standard InChI is InChI=1S/C24H26FNO3/c1-27-22-10-5-18(6-11-22)13-14-26-16-20-7-12-23(24(15-20)28-2)29-17-19-3-8-21(25)9-4-19/h3-12,15,26H,13-14,16-17H2,1-2H3. The first-order valence-electron chi connectivity index (χ1n) is 9.56. The summed E-state index contributed by atoms with van der Waals surface area (Å²) in [7, 11) is 3.30. The second-order valence-electron chi connectivity index (χ2n) is 6.68. The molecule has 0 amide bonds. The van der Waals surface area contributed by atoms with Gasteiger partial charge in [0.15, 0.2) is 11.5 Å². The third-order valence-electron chi connectivity index (χ3n) is 4.61. The molecule has 0 aliphatic heterocycles. The molecule has 0 aliphatic carbocycles. The molecule has 4 nitrogen and oxygen atoms in total. The lowest BCUT2D eigenvalue weighted by atomic mass is 10.1. The summed E-state index contributed by atoms with van der Waals surface area (Å²) in [6, 6.07) is 20.3. The van der Waals surface area contributed by atoms with Crippen LogP contribution in [0.1, 0.15) is 16.7 Å². The van der Waals surface area contributed by atoms with Gasteiger partial charge >= 0.3 is 0 Å². The summed E-state index contributed by atoms with van der Waals surface area (Å²) in [5.74, 6) is 1.96. The van der Waals surface area contributed by atoms with E-state index in [-0.39, 0.29) is 5.82 Å². The van der Waals surface area contributed by atoms with Gasteiger partial charge in [0.05, 0.1) is 14.2 Å². The van der Waals surface area contributed by atoms with Crippen LogP contribution < -0.4 is 19.5 Å². The number of nitrogens with one attached hydrogen (secondary N) is 1. The Bertz CT molecular complexity index is 895. The molecule has 3 aromatic carbocycles. The lowest BCUT2D eigenvalue weighted by Gasteiger charge is -2.13. The van der Waals surface area contributed by atoms with Gasteiger partial charge in [0.25, 0.3) is 0 Å². The number of benzene rings is 3. The normalized spacial score (nSPS) is 10.6. The molecule has 1 N–H and O–H groups in total. The summed E-state index contributed by atoms with van der Waals surface area (Å²) in [4.78, 5) is 0. The Kier molecular flexibility index (Phi) is 7.47. The van der Waals surface area contributed by atoms with Gasteiger partial charge in [-0.2, -0.15) is 0 Å². The highest BCUT2D eigenvalue weighted by atomic mass is 19.1. The molecule has 0 bridgehead atoms. The van der Waals surface area contributed by atoms with Crippen molar-refractivity contribution in [1.82, 2.24) is 5.32 Å². The monoisotopic (exact) mass is 395 g/mol. The summed E-state index contributed by atoms with van der Waals surface area (Å²) in [6.45, 7) is 1.97. The minimum atomic E-state index is -0.254. The van der Waals surface area contributed by atoms with Crippen LogP contribution in [0.15, 0.2) is 66.7 Å². The van der Waals surface area contributed by atoms with E-state index in [2.05, 4.69) is 17.4 Å². The first kappa shape index (κ1) is 20.7. The largest absolute Gasteiger partial charge is 0.497 e. The minimum absolute atomic E-state index is 0.254. The lowest BCUT2D eigenvalue weighted by molar-refractivity contribution is 0.284. The zero-order chi connectivity index (χ0) is 20.5. The molecule has 3 aromatic rings. The van der Waals surface area contributed by atoms with Crippen molar-refractivity contribution >= 4 is 0 Å². The molecule has 0 unspecified atom stereocenters. The van der Waals surface area contributed by atoms with Gasteiger partial charge in [-0.05, 0) is 66.1 Å². The van der Waals surface area contributed by atoms with Gasteiger partial charge in [0.1, 0.15) is 18.2 Å². The number of halogens is 1. The minimum Gasteiger partial charge on any atom is -0.497 e. The SMILES string of the molecule is COc1ccc(CCNCc2ccc(OCc3ccc(F)cc3)c(OC)c2)cc1. The highest BCUT2D eigenvalue weighted by Gasteiger charge is 2.07. The fraction of sp³-hybridized carbons (Fsp3) is 0.250. The summed E-state index contributed by atoms with van der Waals surface area (Å²) in [5.41, 5.74) is 3.28. The Balaban J connectivity index is 1.49. The van der Waals surface area contributed by atoms with Crippen molar-refractivity contribution in [2.24, 2.45) is 0 Å². The molecule has 0 fully saturated rings. The van der Waals surface area contributed by atoms with Gasteiger partial charge in [-0.25, -0.2) is 4.39 Å². The van der Waals surface area contributed by atoms with Gasteiger partial charge in [-0.15, -0.1) is 0 Å². The average Bonchev–Trinajstić information content (AvgIpc) is 2.77. The van der Waals surface area contributed by atoms with Crippen molar-refractivity contribution in [2.75, 3.05) is 20.8 Å². The molecular weight excluding hydrogens is 369 g/mol. The van der Waals surface area contributed by atoms with E-state index < -0.39 is 0 Å². The van der Waals surface area contributed by atoms with Crippen molar-refractivity contribution < 1.29 is 18.6 Å². The van der Waals surface area contributed by atoms with Crippen LogP contribution >= 0.6 is 0 Å². The summed E-state index contributed by atoms with van der Waals surface area (Å²) in [6.07, 6.45) is 0.944. The quantitative estimate of drug-likeness (QED) is 0.503. The second-order valence-corrected chi connectivity index (χ2v) is 6.68. The zero-order valence-corrected chi connectivity index (χ0v) is 16.8. The van der Waals surface area contributed by atoms with Crippen LogP contribution in [0.3, 0.4) is 0 Å². The Morgan fingerprint density at radius 1 is 0.759 bits per heavy atom. The molecule has 3 rings (SSSR count). The highest BCUT2D eigenvalue weighted by Crippen LogP contribution is 2.29. The van der Waals surface area contributed by atoms with E-state index in [9.17, 15) is 4.39 Å². The number of ether oxygens (including phenoxy) is 3. The first-order valence-corrected chi connectivity index (χ1v) is 9.56. The van der Waals surface area contributed by atoms with Crippen LogP contribution in [0.25, 0.3) is 0 Å². The zero-order valence-electron chi connectivity index (χ0n) is 16.8. The molecule has 0 atom stereocenters. The summed E-state index contributed by atoms with van der Waals surface area (Å²) < 4.78 is 29.5. The molecule has 0 saturated carbocycles. The van der Waals surface area contributed by atoms with Crippen LogP contribution in [0.5, 0.6) is 17.2 Å². The molecule has 0 spiro atoms. The molecule has 0 radical (unpaired) electrons. The molecule has 152 valence electrons. The number of methoxy groups -OCH3 is 2. The van der Waals surface area contributed by atoms with E-state index in [0.717, 1.165) is 36.4 Å². The van der Waals surface area contributed by atoms with E-state index in [1.807, 2.05) is 30.3 Å². The molecule has 0 saturated heterocycles. The van der Waals surface area contributed by atoms with Crippen LogP contribution in [0.2, 0.25) is 0 Å². The van der Waals surface area contributed by atoms with E-state index in [4.69, 9.17) is 14.2 Å². The average molecular weight is 395 g/mol. The lowest BCUT2D eigenvalue weighted by Crippen LogP contribution is -2.16. The van der Waals surface area contributed by atoms with Gasteiger partial charge in [-0.1, -0.05) is 30.3 Å². The van der Waals surface area contributed by atoms with Gasteiger partial charge in [-0.3, -0.25) is 0 Å². The van der Waals surface area contributed by atoms with Crippen molar-refractivity contribution in [1.29, 1.82) is 0 Å². The maximum atomic E-state index is 13.0. The van der Waals surface area contributed by atoms with Gasteiger partial charge < -0.3 is 19.5 Å². The van der Waals surface area contributed by atoms with Crippen molar-refractivity contribution in [3.8, 4) is 17.2 Å². The molecule has 29 heavy (non-hydrogen) atoms. The maximum Gasteiger partial charge on any atom is 0.161 e. The highest BCUT2D eigenvalue weighted by molar-refractivity contribution is 5.43. The molecular formula is C24H26FNO3. The number of rotatable bonds is 10. The molecule has 5 heteroatoms. The van der Waals surface area contributed by atoms with E-state index in [1.165, 1.54) is 17.7 Å². The van der Waals surface area contributed by atoms with Gasteiger partial charge in [0.2, 0.25) is 0 Å². The van der Waals surface area contributed by atoms with E-state index in [0.29, 0.717) is 18.1 Å². The number of hydrogen-bond donors (Lipinski definition) is 1. The smallest absolute Gasteiger partial charge is 0.161 e. The van der Waals surface area contributed by atoms with Crippen LogP contribution in [-0.4, -0.2) is 20.8 Å². The maximum absolute atomic E-state index is 13.0. The predicted molar refractivity (Wildman–Crippen MR) is 112 cm³/mol. The number of hydrogen-bond acceptors (Lipinski definition) is 4. The topological polar surface area (TPSA) is 39.7 Å². The Hall–Kier alpha value is -3.05. The van der Waals surface area contributed by atoms with Crippen molar-refractivity contribution in [3.63, 3.8) is 0 Å². The second kappa shape index (κ2) is 10.5. The fourth-order valence-corrected chi connectivity index (χ4v) is 2.94. The summed E-state index contributed by atoms with van der Waals surface area (Å²) >= 11 is 0. The Morgan fingerprint density at radius 3 is 2.14 bits per heavy atom. The Morgan fingerprint density at radius 2 is 1.45 bits per heavy atom. The van der Waals surface area contributed by atoms with Crippen LogP contribution in [0, 0.1) is 5.82 Å². The van der Waals surface area contributed by atoms with Crippen LogP contribution in [-0.2, 0) is 19.6 Å². The van der Waals surface area contributed by atoms with Gasteiger partial charge in [0, 0.05) is 6.54 Å². The van der Waals surface area contributed by atoms with Crippen molar-refractivity contribution in [3.05, 3.63) is 89.2 Å². The molecule has 0 aliphatic rings. The molecule has 0 aromatic heterocycles. The fourth-order valence-electron chi connectivity index (χ4n) is 2.94. The third-order valence-corrected chi connectivity index (χ3v) is 4.61. The first-order chi connectivity index (χ1) is 14.2. The Labute approximate surface area is 171 Å². The van der Waals surface area contributed by atoms with E-state index in [1.54, 1.807) is 26.4 Å². The molecule has 0 heterocycles. The third kappa shape index (κ3) is 6.22. The van der Waals surface area contributed by atoms with Crippen LogP contribution in [0.4, 0.5) is 4.39 Å². The summed E-state index contributed by atoms with van der Waals surface area (Å²) in [5, 5.41) is 3.45. The van der Waals surface area contributed by atoms with Crippen molar-refractivity contribution in [2.45, 2.75) is 19.6 Å². The van der Waals surface area contributed by atoms with E-state index >= 15 is 0 Å². The predicted octanol–water partition coefficient (Wildman–Crippen LogP) is 4.75.